The number of nitrogens with zero attached hydrogens (tertiary/aromatic N) is 5. The topological polar surface area (TPSA) is 66.3 Å². The largest absolute Gasteiger partial charge is 0.331 e. The smallest absolute Gasteiger partial charge is 0.318 e. The van der Waals surface area contributed by atoms with E-state index in [2.05, 4.69) is 20.3 Å². The number of benzene rings is 1. The number of amides is 2. The highest BCUT2D eigenvalue weighted by Crippen LogP contribution is 2.20. The van der Waals surface area contributed by atoms with Gasteiger partial charge in [0.15, 0.2) is 5.82 Å². The number of carbonyl (C=O) groups excluding carboxylic acids is 1. The standard InChI is InChI=1S/C20H28N6O/c27-20(25-13-7-10-18(25)15-24-11-5-2-6-12-24)21-14-19-22-16-26(23-19)17-8-3-1-4-9-17/h1,3-4,8-9,16,18H,2,5-7,10-15H2,(H,21,27). The summed E-state index contributed by atoms with van der Waals surface area (Å²) in [6.45, 7) is 4.55. The first-order valence-corrected chi connectivity index (χ1v) is 10.0. The molecule has 1 N–H and O–H groups in total. The van der Waals surface area contributed by atoms with Gasteiger partial charge in [0.25, 0.3) is 0 Å². The third-order valence-electron chi connectivity index (χ3n) is 5.51. The number of rotatable bonds is 5. The van der Waals surface area contributed by atoms with Gasteiger partial charge in [-0.05, 0) is 50.9 Å². The van der Waals surface area contributed by atoms with E-state index in [1.165, 1.54) is 32.4 Å². The van der Waals surface area contributed by atoms with Crippen LogP contribution in [0.25, 0.3) is 5.69 Å². The van der Waals surface area contributed by atoms with Gasteiger partial charge < -0.3 is 15.1 Å². The van der Waals surface area contributed by atoms with Crippen LogP contribution in [-0.4, -0.2) is 62.8 Å². The van der Waals surface area contributed by atoms with Gasteiger partial charge in [0, 0.05) is 19.1 Å². The molecule has 0 aliphatic carbocycles. The molecule has 1 unspecified atom stereocenters. The van der Waals surface area contributed by atoms with Crippen molar-refractivity contribution < 1.29 is 4.79 Å². The lowest BCUT2D eigenvalue weighted by molar-refractivity contribution is 0.153. The SMILES string of the molecule is O=C(NCc1ncn(-c2ccccc2)n1)N1CCCC1CN1CCCCC1. The molecule has 27 heavy (non-hydrogen) atoms. The zero-order valence-corrected chi connectivity index (χ0v) is 15.8. The molecule has 2 aliphatic rings. The van der Waals surface area contributed by atoms with Gasteiger partial charge in [-0.25, -0.2) is 14.5 Å². The summed E-state index contributed by atoms with van der Waals surface area (Å²) in [4.78, 5) is 21.5. The first-order valence-electron chi connectivity index (χ1n) is 10.0. The van der Waals surface area contributed by atoms with Crippen LogP contribution in [0.15, 0.2) is 36.7 Å². The van der Waals surface area contributed by atoms with E-state index in [-0.39, 0.29) is 6.03 Å². The summed E-state index contributed by atoms with van der Waals surface area (Å²) in [5.41, 5.74) is 0.962. The molecule has 1 aromatic heterocycles. The minimum Gasteiger partial charge on any atom is -0.331 e. The van der Waals surface area contributed by atoms with Gasteiger partial charge >= 0.3 is 6.03 Å². The quantitative estimate of drug-likeness (QED) is 0.880. The number of hydrogen-bond donors (Lipinski definition) is 1. The Labute approximate surface area is 160 Å². The number of hydrogen-bond acceptors (Lipinski definition) is 4. The summed E-state index contributed by atoms with van der Waals surface area (Å²) in [6.07, 6.45) is 7.79. The number of piperidine rings is 1. The van der Waals surface area contributed by atoms with Crippen molar-refractivity contribution >= 4 is 6.03 Å². The number of urea groups is 1. The van der Waals surface area contributed by atoms with Crippen molar-refractivity contribution in [1.29, 1.82) is 0 Å². The first-order chi connectivity index (χ1) is 13.3. The molecular weight excluding hydrogens is 340 g/mol. The van der Waals surface area contributed by atoms with E-state index in [4.69, 9.17) is 0 Å². The Morgan fingerprint density at radius 3 is 2.70 bits per heavy atom. The minimum atomic E-state index is 0.00516. The normalized spacial score (nSPS) is 20.7. The highest BCUT2D eigenvalue weighted by atomic mass is 16.2. The van der Waals surface area contributed by atoms with E-state index in [9.17, 15) is 4.79 Å². The maximum atomic E-state index is 12.7. The third kappa shape index (κ3) is 4.47. The second-order valence-electron chi connectivity index (χ2n) is 7.45. The fourth-order valence-corrected chi connectivity index (χ4v) is 4.07. The number of nitrogens with one attached hydrogen (secondary N) is 1. The Kier molecular flexibility index (Phi) is 5.67. The number of likely N-dealkylation sites (tertiary alicyclic amines) is 2. The summed E-state index contributed by atoms with van der Waals surface area (Å²) >= 11 is 0. The Morgan fingerprint density at radius 2 is 1.89 bits per heavy atom. The molecule has 3 heterocycles. The van der Waals surface area contributed by atoms with E-state index in [1.807, 2.05) is 35.2 Å². The van der Waals surface area contributed by atoms with Crippen molar-refractivity contribution in [2.24, 2.45) is 0 Å². The number of para-hydroxylation sites is 1. The molecule has 0 bridgehead atoms. The zero-order chi connectivity index (χ0) is 18.5. The average molecular weight is 368 g/mol. The van der Waals surface area contributed by atoms with Crippen molar-refractivity contribution in [3.05, 3.63) is 42.5 Å². The highest BCUT2D eigenvalue weighted by Gasteiger charge is 2.30. The Balaban J connectivity index is 1.30. The Hall–Kier alpha value is -2.41. The number of aromatic nitrogens is 3. The zero-order valence-electron chi connectivity index (χ0n) is 15.8. The van der Waals surface area contributed by atoms with Gasteiger partial charge in [-0.15, -0.1) is 5.10 Å². The fraction of sp³-hybridized carbons (Fsp3) is 0.550. The lowest BCUT2D eigenvalue weighted by Gasteiger charge is -2.32. The molecule has 7 heteroatoms. The molecule has 2 aliphatic heterocycles. The molecule has 2 amide bonds. The molecule has 2 saturated heterocycles. The summed E-state index contributed by atoms with van der Waals surface area (Å²) in [7, 11) is 0. The van der Waals surface area contributed by atoms with Crippen LogP contribution in [0.3, 0.4) is 0 Å². The molecule has 0 radical (unpaired) electrons. The van der Waals surface area contributed by atoms with Crippen LogP contribution in [-0.2, 0) is 6.54 Å². The van der Waals surface area contributed by atoms with Crippen LogP contribution in [0.5, 0.6) is 0 Å². The molecule has 0 saturated carbocycles. The number of carbonyl (C=O) groups is 1. The van der Waals surface area contributed by atoms with Gasteiger partial charge in [0.05, 0.1) is 12.2 Å². The molecule has 7 nitrogen and oxygen atoms in total. The average Bonchev–Trinajstić information content (AvgIpc) is 3.37. The monoisotopic (exact) mass is 368 g/mol. The van der Waals surface area contributed by atoms with Gasteiger partial charge in [0.1, 0.15) is 6.33 Å². The third-order valence-corrected chi connectivity index (χ3v) is 5.51. The molecule has 1 atom stereocenters. The van der Waals surface area contributed by atoms with E-state index in [1.54, 1.807) is 11.0 Å². The van der Waals surface area contributed by atoms with Crippen LogP contribution in [0.2, 0.25) is 0 Å². The maximum absolute atomic E-state index is 12.7. The second kappa shape index (κ2) is 8.52. The van der Waals surface area contributed by atoms with Crippen molar-refractivity contribution in [1.82, 2.24) is 29.9 Å². The van der Waals surface area contributed by atoms with Gasteiger partial charge in [-0.1, -0.05) is 24.6 Å². The predicted molar refractivity (Wildman–Crippen MR) is 104 cm³/mol. The van der Waals surface area contributed by atoms with E-state index < -0.39 is 0 Å². The van der Waals surface area contributed by atoms with E-state index in [0.717, 1.165) is 31.6 Å². The van der Waals surface area contributed by atoms with Crippen molar-refractivity contribution in [2.45, 2.75) is 44.7 Å². The maximum Gasteiger partial charge on any atom is 0.318 e. The van der Waals surface area contributed by atoms with Gasteiger partial charge in [-0.3, -0.25) is 0 Å². The van der Waals surface area contributed by atoms with E-state index in [0.29, 0.717) is 18.4 Å². The minimum absolute atomic E-state index is 0.00516. The van der Waals surface area contributed by atoms with Gasteiger partial charge in [-0.2, -0.15) is 0 Å². The molecule has 2 aromatic rings. The molecule has 2 fully saturated rings. The molecule has 1 aromatic carbocycles. The van der Waals surface area contributed by atoms with Crippen LogP contribution < -0.4 is 5.32 Å². The molecule has 4 rings (SSSR count). The fourth-order valence-electron chi connectivity index (χ4n) is 4.07. The van der Waals surface area contributed by atoms with Crippen LogP contribution in [0.1, 0.15) is 37.9 Å². The Bertz CT molecular complexity index is 740. The van der Waals surface area contributed by atoms with E-state index >= 15 is 0 Å². The lowest BCUT2D eigenvalue weighted by Crippen LogP contribution is -2.48. The van der Waals surface area contributed by atoms with Crippen molar-refractivity contribution in [3.63, 3.8) is 0 Å². The second-order valence-corrected chi connectivity index (χ2v) is 7.45. The van der Waals surface area contributed by atoms with Crippen molar-refractivity contribution in [2.75, 3.05) is 26.2 Å². The Morgan fingerprint density at radius 1 is 1.07 bits per heavy atom. The summed E-state index contributed by atoms with van der Waals surface area (Å²) in [6, 6.07) is 10.2. The predicted octanol–water partition coefficient (Wildman–Crippen LogP) is 2.43. The summed E-state index contributed by atoms with van der Waals surface area (Å²) < 4.78 is 1.73. The molecule has 144 valence electrons. The lowest BCUT2D eigenvalue weighted by atomic mass is 10.1. The van der Waals surface area contributed by atoms with Crippen LogP contribution in [0.4, 0.5) is 4.79 Å². The van der Waals surface area contributed by atoms with Gasteiger partial charge in [0.2, 0.25) is 0 Å². The van der Waals surface area contributed by atoms with Crippen LogP contribution in [0, 0.1) is 0 Å². The summed E-state index contributed by atoms with van der Waals surface area (Å²) in [5.74, 6) is 0.624. The molecule has 0 spiro atoms. The summed E-state index contributed by atoms with van der Waals surface area (Å²) in [5, 5.41) is 7.46. The highest BCUT2D eigenvalue weighted by molar-refractivity contribution is 5.74. The molecular formula is C20H28N6O. The first kappa shape index (κ1) is 18.0. The van der Waals surface area contributed by atoms with Crippen molar-refractivity contribution in [3.8, 4) is 5.69 Å². The van der Waals surface area contributed by atoms with Crippen LogP contribution >= 0.6 is 0 Å².